The zero-order valence-corrected chi connectivity index (χ0v) is 35.1. The smallest absolute Gasteiger partial charge is 0.335 e. The number of hydrogen-bond acceptors (Lipinski definition) is 10. The van der Waals surface area contributed by atoms with Crippen LogP contribution in [0.15, 0.2) is 0 Å². The van der Waals surface area contributed by atoms with Crippen molar-refractivity contribution in [1.82, 2.24) is 0 Å². The summed E-state index contributed by atoms with van der Waals surface area (Å²) in [7, 11) is 0. The lowest BCUT2D eigenvalue weighted by Crippen LogP contribution is -2.66. The van der Waals surface area contributed by atoms with Crippen LogP contribution in [0, 0.1) is 75.9 Å². The minimum atomic E-state index is -4.42. The Kier molecular flexibility index (Phi) is 9.21. The van der Waals surface area contributed by atoms with Crippen molar-refractivity contribution in [3.63, 3.8) is 0 Å². The first-order chi connectivity index (χ1) is 29.7. The summed E-state index contributed by atoms with van der Waals surface area (Å²) in [5.74, 6) is -23.9. The van der Waals surface area contributed by atoms with Gasteiger partial charge in [-0.05, 0) is 120 Å². The number of rotatable bonds is 6. The van der Waals surface area contributed by atoms with Gasteiger partial charge in [-0.2, -0.15) is 35.1 Å². The first-order valence-corrected chi connectivity index (χ1v) is 23.4. The van der Waals surface area contributed by atoms with E-state index in [1.54, 1.807) is 0 Å². The predicted molar refractivity (Wildman–Crippen MR) is 197 cm³/mol. The van der Waals surface area contributed by atoms with Gasteiger partial charge in [0.25, 0.3) is 0 Å². The maximum absolute atomic E-state index is 14.7. The molecule has 352 valence electrons. The zero-order valence-electron chi connectivity index (χ0n) is 35.1. The van der Waals surface area contributed by atoms with E-state index in [4.69, 9.17) is 37.9 Å². The van der Waals surface area contributed by atoms with E-state index in [2.05, 4.69) is 0 Å². The van der Waals surface area contributed by atoms with Crippen molar-refractivity contribution in [2.75, 3.05) is 46.2 Å². The van der Waals surface area contributed by atoms with Gasteiger partial charge in [0.2, 0.25) is 0 Å². The molecular formula is C45H56F8O10. The molecular weight excluding hydrogens is 852 g/mol. The van der Waals surface area contributed by atoms with Crippen molar-refractivity contribution < 1.29 is 82.6 Å². The van der Waals surface area contributed by atoms with Gasteiger partial charge in [-0.25, -0.2) is 0 Å². The van der Waals surface area contributed by atoms with Crippen molar-refractivity contribution in [3.8, 4) is 0 Å². The molecule has 3 heterocycles. The van der Waals surface area contributed by atoms with Crippen LogP contribution in [-0.2, 0) is 47.5 Å². The summed E-state index contributed by atoms with van der Waals surface area (Å²) in [4.78, 5) is 29.2. The number of ether oxygens (including phenoxy) is 8. The summed E-state index contributed by atoms with van der Waals surface area (Å²) >= 11 is 0. The largest absolute Gasteiger partial charge is 0.461 e. The van der Waals surface area contributed by atoms with Crippen LogP contribution in [0.5, 0.6) is 0 Å². The number of esters is 2. The average molecular weight is 909 g/mol. The predicted octanol–water partition coefficient (Wildman–Crippen LogP) is 7.94. The van der Waals surface area contributed by atoms with Gasteiger partial charge in [0.05, 0.1) is 24.0 Å². The first-order valence-electron chi connectivity index (χ1n) is 23.4. The Hall–Kier alpha value is -1.86. The fourth-order valence-corrected chi connectivity index (χ4v) is 16.5. The van der Waals surface area contributed by atoms with Crippen LogP contribution < -0.4 is 0 Å². The average Bonchev–Trinajstić information content (AvgIpc) is 3.38. The maximum atomic E-state index is 14.7. The molecule has 5 atom stereocenters. The molecule has 12 saturated carbocycles. The summed E-state index contributed by atoms with van der Waals surface area (Å²) in [6.07, 6.45) is 7.72. The normalized spacial score (nSPS) is 49.7. The molecule has 3 aliphatic heterocycles. The third-order valence-electron chi connectivity index (χ3n) is 19.0. The monoisotopic (exact) mass is 908 g/mol. The molecule has 15 rings (SSSR count). The Morgan fingerprint density at radius 2 is 0.794 bits per heavy atom. The number of halogens is 8. The molecule has 15 aliphatic rings. The molecule has 3 saturated heterocycles. The van der Waals surface area contributed by atoms with E-state index in [0.29, 0.717) is 50.4 Å². The number of carbonyl (C=O) groups is 2. The van der Waals surface area contributed by atoms with Gasteiger partial charge < -0.3 is 37.9 Å². The van der Waals surface area contributed by atoms with E-state index >= 15 is 0 Å². The molecule has 0 aromatic rings. The second kappa shape index (κ2) is 13.6. The fourth-order valence-electron chi connectivity index (χ4n) is 16.5. The minimum Gasteiger partial charge on any atom is -0.461 e. The van der Waals surface area contributed by atoms with Gasteiger partial charge >= 0.3 is 35.6 Å². The van der Waals surface area contributed by atoms with Gasteiger partial charge in [-0.15, -0.1) is 0 Å². The highest BCUT2D eigenvalue weighted by Gasteiger charge is 2.73. The molecule has 15 fully saturated rings. The highest BCUT2D eigenvalue weighted by atomic mass is 19.3. The molecule has 0 amide bonds. The fraction of sp³-hybridized carbons (Fsp3) is 0.956. The van der Waals surface area contributed by atoms with Crippen molar-refractivity contribution in [2.45, 2.75) is 143 Å². The minimum absolute atomic E-state index is 0.00124. The molecule has 0 aromatic heterocycles. The molecule has 5 unspecified atom stereocenters. The van der Waals surface area contributed by atoms with Crippen LogP contribution in [0.2, 0.25) is 0 Å². The molecule has 63 heavy (non-hydrogen) atoms. The lowest BCUT2D eigenvalue weighted by Gasteiger charge is -2.63. The zero-order chi connectivity index (χ0) is 43.8. The second-order valence-corrected chi connectivity index (χ2v) is 22.6. The summed E-state index contributed by atoms with van der Waals surface area (Å²) in [6.45, 7) is -5.93. The summed E-state index contributed by atoms with van der Waals surface area (Å²) in [5.41, 5.74) is -2.13. The van der Waals surface area contributed by atoms with Gasteiger partial charge in [0.1, 0.15) is 39.1 Å². The maximum Gasteiger partial charge on any atom is 0.335 e. The summed E-state index contributed by atoms with van der Waals surface area (Å²) in [5, 5.41) is 0. The second-order valence-electron chi connectivity index (χ2n) is 22.6. The van der Waals surface area contributed by atoms with E-state index in [0.717, 1.165) is 25.7 Å². The SMILES string of the molecule is O=C(OCC(OC(=O)C12CC3CC(C1)C1(OCC(F)(F)C(F)(F)CO1)C(C3)C2)C1COC2(OC1)C1CC3CC(C1)CC2C3)C12CC3CC(C1)C1(OCC(F)(F)C(F)(F)CO1)C(C3)C2. The number of hydrogen-bond donors (Lipinski definition) is 0. The number of carbonyl (C=O) groups excluding carboxylic acids is 2. The lowest BCUT2D eigenvalue weighted by atomic mass is 9.47. The molecule has 0 radical (unpaired) electrons. The quantitative estimate of drug-likeness (QED) is 0.193. The molecule has 0 N–H and O–H groups in total. The van der Waals surface area contributed by atoms with Crippen LogP contribution in [0.3, 0.4) is 0 Å². The van der Waals surface area contributed by atoms with Crippen molar-refractivity contribution in [1.29, 1.82) is 0 Å². The Labute approximate surface area is 359 Å². The molecule has 0 aromatic carbocycles. The van der Waals surface area contributed by atoms with Crippen molar-refractivity contribution in [2.24, 2.45) is 75.9 Å². The summed E-state index contributed by atoms with van der Waals surface area (Å²) in [6, 6.07) is 0. The number of alkyl halides is 8. The highest BCUT2D eigenvalue weighted by molar-refractivity contribution is 5.79. The van der Waals surface area contributed by atoms with Gasteiger partial charge in [0.15, 0.2) is 17.4 Å². The third-order valence-corrected chi connectivity index (χ3v) is 19.0. The van der Waals surface area contributed by atoms with Gasteiger partial charge in [0, 0.05) is 41.4 Å². The Balaban J connectivity index is 0.779. The van der Waals surface area contributed by atoms with Crippen LogP contribution in [0.1, 0.15) is 96.3 Å². The Morgan fingerprint density at radius 3 is 1.19 bits per heavy atom. The van der Waals surface area contributed by atoms with Crippen molar-refractivity contribution >= 4 is 11.9 Å². The summed E-state index contributed by atoms with van der Waals surface area (Å²) < 4.78 is 165. The van der Waals surface area contributed by atoms with E-state index < -0.39 is 126 Å². The molecule has 12 bridgehead atoms. The molecule has 18 heteroatoms. The van der Waals surface area contributed by atoms with Crippen LogP contribution in [0.25, 0.3) is 0 Å². The lowest BCUT2D eigenvalue weighted by molar-refractivity contribution is -0.373. The van der Waals surface area contributed by atoms with Crippen LogP contribution in [0.4, 0.5) is 35.1 Å². The Bertz CT molecular complexity index is 1790. The van der Waals surface area contributed by atoms with Crippen LogP contribution >= 0.6 is 0 Å². The topological polar surface area (TPSA) is 108 Å². The third kappa shape index (κ3) is 6.06. The van der Waals surface area contributed by atoms with Crippen LogP contribution in [-0.4, -0.2) is 105 Å². The Morgan fingerprint density at radius 1 is 0.444 bits per heavy atom. The highest BCUT2D eigenvalue weighted by Crippen LogP contribution is 2.68. The standard InChI is InChI=1S/C45H56F8O10/c46-39(47)19-59-44(60-20-40(39,48)49)30-6-25-7-31(44)13-37(10-25,12-30)35(54)56-18-34(27-16-57-43(58-17-27)28-2-23-1-24(4-28)5-29(43)3-23)63-36(55)38-11-26-8-32(14-38)45(33(9-26)15-38)61-21-41(50,51)42(52,53)22-62-45/h23-34H,1-22H2. The van der Waals surface area contributed by atoms with Gasteiger partial charge in [-0.3, -0.25) is 9.59 Å². The molecule has 12 aliphatic carbocycles. The molecule has 3 spiro atoms. The van der Waals surface area contributed by atoms with E-state index in [1.165, 1.54) is 6.42 Å². The van der Waals surface area contributed by atoms with Gasteiger partial charge in [-0.1, -0.05) is 0 Å². The first kappa shape index (κ1) is 42.5. The van der Waals surface area contributed by atoms with E-state index in [9.17, 15) is 44.7 Å². The van der Waals surface area contributed by atoms with Crippen molar-refractivity contribution in [3.05, 3.63) is 0 Å². The van der Waals surface area contributed by atoms with E-state index in [1.807, 2.05) is 0 Å². The van der Waals surface area contributed by atoms with E-state index in [-0.39, 0.29) is 69.2 Å². The molecule has 10 nitrogen and oxygen atoms in total.